The van der Waals surface area contributed by atoms with E-state index in [4.69, 9.17) is 5.73 Å². The lowest BCUT2D eigenvalue weighted by atomic mass is 10.2. The van der Waals surface area contributed by atoms with Gasteiger partial charge in [-0.2, -0.15) is 0 Å². The minimum atomic E-state index is -3.69. The summed E-state index contributed by atoms with van der Waals surface area (Å²) in [4.78, 5) is 4.44. The summed E-state index contributed by atoms with van der Waals surface area (Å²) in [6.07, 6.45) is 0. The summed E-state index contributed by atoms with van der Waals surface area (Å²) in [6, 6.07) is 5.02. The van der Waals surface area contributed by atoms with Gasteiger partial charge in [0, 0.05) is 16.4 Å². The number of aromatic nitrogens is 1. The third kappa shape index (κ3) is 3.82. The van der Waals surface area contributed by atoms with Crippen molar-refractivity contribution in [2.24, 2.45) is 5.73 Å². The average molecular weight is 390 g/mol. The van der Waals surface area contributed by atoms with Gasteiger partial charge in [-0.1, -0.05) is 19.9 Å². The smallest absolute Gasteiger partial charge is 0.264 e. The van der Waals surface area contributed by atoms with Crippen molar-refractivity contribution in [3.63, 3.8) is 0 Å². The maximum absolute atomic E-state index is 12.5. The molecule has 1 aromatic carbocycles. The highest BCUT2D eigenvalue weighted by Crippen LogP contribution is 2.27. The molecule has 114 valence electrons. The molecule has 0 saturated heterocycles. The molecule has 0 atom stereocenters. The highest BCUT2D eigenvalue weighted by molar-refractivity contribution is 9.10. The molecule has 2 rings (SSSR count). The maximum atomic E-state index is 12.5. The van der Waals surface area contributed by atoms with Crippen LogP contribution in [-0.4, -0.2) is 13.4 Å². The zero-order valence-corrected chi connectivity index (χ0v) is 14.8. The Balaban J connectivity index is 2.33. The van der Waals surface area contributed by atoms with E-state index < -0.39 is 10.0 Å². The van der Waals surface area contributed by atoms with Crippen molar-refractivity contribution in [3.05, 3.63) is 39.3 Å². The van der Waals surface area contributed by atoms with Crippen molar-refractivity contribution in [2.45, 2.75) is 31.2 Å². The standard InChI is InChI=1S/C13H16BrN3O2S2/c1-8(2)11-7-20-13(16-11)17-21(18,19)12-5-9(6-15)3-4-10(12)14/h3-5,7-8H,6,15H2,1-2H3,(H,16,17). The van der Waals surface area contributed by atoms with Crippen molar-refractivity contribution >= 4 is 42.4 Å². The molecular formula is C13H16BrN3O2S2. The SMILES string of the molecule is CC(C)c1csc(NS(=O)(=O)c2cc(CN)ccc2Br)n1. The molecule has 0 fully saturated rings. The molecule has 21 heavy (non-hydrogen) atoms. The van der Waals surface area contributed by atoms with Gasteiger partial charge in [-0.3, -0.25) is 4.72 Å². The Kier molecular flexibility index (Phi) is 5.03. The van der Waals surface area contributed by atoms with Crippen LogP contribution in [0.15, 0.2) is 32.9 Å². The van der Waals surface area contributed by atoms with Crippen molar-refractivity contribution in [3.8, 4) is 0 Å². The van der Waals surface area contributed by atoms with Crippen LogP contribution in [0.2, 0.25) is 0 Å². The zero-order valence-electron chi connectivity index (χ0n) is 11.6. The minimum absolute atomic E-state index is 0.159. The van der Waals surface area contributed by atoms with Crippen molar-refractivity contribution < 1.29 is 8.42 Å². The van der Waals surface area contributed by atoms with Crippen LogP contribution in [0.25, 0.3) is 0 Å². The summed E-state index contributed by atoms with van der Waals surface area (Å²) in [7, 11) is -3.69. The van der Waals surface area contributed by atoms with Gasteiger partial charge in [0.1, 0.15) is 4.90 Å². The van der Waals surface area contributed by atoms with Crippen molar-refractivity contribution in [1.82, 2.24) is 4.98 Å². The summed E-state index contributed by atoms with van der Waals surface area (Å²) in [5.74, 6) is 0.256. The summed E-state index contributed by atoms with van der Waals surface area (Å²) in [5.41, 5.74) is 7.18. The molecular weight excluding hydrogens is 374 g/mol. The maximum Gasteiger partial charge on any atom is 0.264 e. The molecule has 1 heterocycles. The Bertz CT molecular complexity index is 742. The Hall–Kier alpha value is -0.960. The number of sulfonamides is 1. The van der Waals surface area contributed by atoms with E-state index in [1.54, 1.807) is 18.2 Å². The lowest BCUT2D eigenvalue weighted by Gasteiger charge is -2.09. The summed E-state index contributed by atoms with van der Waals surface area (Å²) >= 11 is 4.53. The lowest BCUT2D eigenvalue weighted by Crippen LogP contribution is -2.14. The molecule has 3 N–H and O–H groups in total. The van der Waals surface area contributed by atoms with Crippen LogP contribution in [0.3, 0.4) is 0 Å². The van der Waals surface area contributed by atoms with E-state index in [0.717, 1.165) is 11.3 Å². The first-order valence-corrected chi connectivity index (χ1v) is 9.46. The molecule has 2 aromatic rings. The second-order valence-corrected chi connectivity index (χ2v) is 8.17. The van der Waals surface area contributed by atoms with Crippen LogP contribution in [0.4, 0.5) is 5.13 Å². The molecule has 1 aromatic heterocycles. The quantitative estimate of drug-likeness (QED) is 0.821. The van der Waals surface area contributed by atoms with E-state index in [2.05, 4.69) is 25.6 Å². The molecule has 0 unspecified atom stereocenters. The molecule has 8 heteroatoms. The number of hydrogen-bond donors (Lipinski definition) is 2. The van der Waals surface area contributed by atoms with E-state index >= 15 is 0 Å². The third-order valence-electron chi connectivity index (χ3n) is 2.86. The number of nitrogens with two attached hydrogens (primary N) is 1. The molecule has 0 spiro atoms. The Morgan fingerprint density at radius 1 is 1.43 bits per heavy atom. The van der Waals surface area contributed by atoms with Gasteiger partial charge in [-0.25, -0.2) is 13.4 Å². The van der Waals surface area contributed by atoms with Crippen LogP contribution < -0.4 is 10.5 Å². The summed E-state index contributed by atoms with van der Waals surface area (Å²) in [6.45, 7) is 4.30. The fourth-order valence-electron chi connectivity index (χ4n) is 1.65. The van der Waals surface area contributed by atoms with Gasteiger partial charge in [-0.05, 0) is 39.5 Å². The molecule has 0 aliphatic heterocycles. The largest absolute Gasteiger partial charge is 0.326 e. The molecule has 0 amide bonds. The van der Waals surface area contributed by atoms with E-state index in [0.29, 0.717) is 9.60 Å². The Labute approximate surface area is 136 Å². The highest BCUT2D eigenvalue weighted by atomic mass is 79.9. The molecule has 0 saturated carbocycles. The van der Waals surface area contributed by atoms with Crippen LogP contribution in [-0.2, 0) is 16.6 Å². The number of nitrogens with one attached hydrogen (secondary N) is 1. The van der Waals surface area contributed by atoms with Crippen LogP contribution in [0.5, 0.6) is 0 Å². The van der Waals surface area contributed by atoms with E-state index in [-0.39, 0.29) is 17.4 Å². The predicted octanol–water partition coefficient (Wildman–Crippen LogP) is 3.29. The summed E-state index contributed by atoms with van der Waals surface area (Å²) in [5, 5.41) is 2.22. The van der Waals surface area contributed by atoms with Gasteiger partial charge in [0.15, 0.2) is 5.13 Å². The van der Waals surface area contributed by atoms with Gasteiger partial charge in [0.05, 0.1) is 5.69 Å². The Morgan fingerprint density at radius 3 is 2.71 bits per heavy atom. The first-order valence-electron chi connectivity index (χ1n) is 6.30. The highest BCUT2D eigenvalue weighted by Gasteiger charge is 2.20. The topological polar surface area (TPSA) is 85.1 Å². The minimum Gasteiger partial charge on any atom is -0.326 e. The average Bonchev–Trinajstić information content (AvgIpc) is 2.87. The van der Waals surface area contributed by atoms with Gasteiger partial charge in [-0.15, -0.1) is 11.3 Å². The van der Waals surface area contributed by atoms with E-state index in [9.17, 15) is 8.42 Å². The zero-order chi connectivity index (χ0) is 15.6. The first kappa shape index (κ1) is 16.4. The number of thiazole rings is 1. The number of hydrogen-bond acceptors (Lipinski definition) is 5. The monoisotopic (exact) mass is 389 g/mol. The van der Waals surface area contributed by atoms with Crippen LogP contribution >= 0.6 is 27.3 Å². The first-order chi connectivity index (χ1) is 9.83. The normalized spacial score (nSPS) is 11.9. The fourth-order valence-corrected chi connectivity index (χ4v) is 4.79. The second kappa shape index (κ2) is 6.43. The number of benzene rings is 1. The molecule has 0 aliphatic rings. The fraction of sp³-hybridized carbons (Fsp3) is 0.308. The van der Waals surface area contributed by atoms with Crippen LogP contribution in [0.1, 0.15) is 31.0 Å². The van der Waals surface area contributed by atoms with Gasteiger partial charge in [0.25, 0.3) is 10.0 Å². The number of nitrogens with zero attached hydrogens (tertiary/aromatic N) is 1. The van der Waals surface area contributed by atoms with E-state index in [1.165, 1.54) is 11.3 Å². The molecule has 0 bridgehead atoms. The number of anilines is 1. The number of rotatable bonds is 5. The second-order valence-electron chi connectivity index (χ2n) is 4.81. The lowest BCUT2D eigenvalue weighted by molar-refractivity contribution is 0.600. The molecule has 5 nitrogen and oxygen atoms in total. The van der Waals surface area contributed by atoms with E-state index in [1.807, 2.05) is 19.2 Å². The third-order valence-corrected chi connectivity index (χ3v) is 6.09. The Morgan fingerprint density at radius 2 is 2.14 bits per heavy atom. The van der Waals surface area contributed by atoms with Crippen molar-refractivity contribution in [1.29, 1.82) is 0 Å². The van der Waals surface area contributed by atoms with Gasteiger partial charge >= 0.3 is 0 Å². The van der Waals surface area contributed by atoms with Crippen molar-refractivity contribution in [2.75, 3.05) is 4.72 Å². The van der Waals surface area contributed by atoms with Gasteiger partial charge < -0.3 is 5.73 Å². The van der Waals surface area contributed by atoms with Crippen LogP contribution in [0, 0.1) is 0 Å². The molecule has 0 radical (unpaired) electrons. The predicted molar refractivity (Wildman–Crippen MR) is 89.0 cm³/mol. The molecule has 0 aliphatic carbocycles. The summed E-state index contributed by atoms with van der Waals surface area (Å²) < 4.78 is 27.9. The van der Waals surface area contributed by atoms with Gasteiger partial charge in [0.2, 0.25) is 0 Å². The number of halogens is 1.